The molecule has 0 aliphatic heterocycles. The maximum atomic E-state index is 9.62. The van der Waals surface area contributed by atoms with Crippen molar-refractivity contribution >= 4 is 57.6 Å². The summed E-state index contributed by atoms with van der Waals surface area (Å²) in [5, 5.41) is 9.62. The zero-order valence-electron chi connectivity index (χ0n) is 8.84. The minimum atomic E-state index is -0.0369. The lowest BCUT2D eigenvalue weighted by Crippen LogP contribution is -2.11. The Hall–Kier alpha value is 0.470. The second-order valence-electron chi connectivity index (χ2n) is 3.60. The van der Waals surface area contributed by atoms with Gasteiger partial charge in [-0.05, 0) is 76.2 Å². The van der Waals surface area contributed by atoms with E-state index in [2.05, 4.69) is 51.8 Å². The molecule has 1 rings (SSSR count). The van der Waals surface area contributed by atoms with Crippen LogP contribution in [0.25, 0.3) is 0 Å². The van der Waals surface area contributed by atoms with E-state index in [1.54, 1.807) is 0 Å². The number of benzene rings is 1. The van der Waals surface area contributed by atoms with Crippen molar-refractivity contribution in [1.29, 1.82) is 0 Å². The normalized spacial score (nSPS) is 11.8. The number of nitrogens with two attached hydrogens (primary N) is 1. The summed E-state index contributed by atoms with van der Waals surface area (Å²) in [6, 6.07) is 3.81. The maximum Gasteiger partial charge on any atom is 0.142 e. The van der Waals surface area contributed by atoms with Crippen LogP contribution in [0.1, 0.15) is 24.9 Å². The first-order valence-electron chi connectivity index (χ1n) is 4.49. The van der Waals surface area contributed by atoms with Crippen molar-refractivity contribution in [1.82, 2.24) is 0 Å². The number of phenols is 1. The van der Waals surface area contributed by atoms with Crippen LogP contribution in [0, 0.1) is 7.14 Å². The lowest BCUT2D eigenvalue weighted by Gasteiger charge is -2.13. The number of rotatable bonds is 3. The van der Waals surface area contributed by atoms with Gasteiger partial charge >= 0.3 is 0 Å². The van der Waals surface area contributed by atoms with Crippen molar-refractivity contribution in [2.75, 3.05) is 0 Å². The Kier molecular flexibility index (Phi) is 7.23. The lowest BCUT2D eigenvalue weighted by atomic mass is 10.0. The fourth-order valence-corrected chi connectivity index (χ4v) is 3.11. The fourth-order valence-electron chi connectivity index (χ4n) is 1.29. The van der Waals surface area contributed by atoms with Crippen LogP contribution in [-0.2, 0) is 0 Å². The number of phenolic OH excluding ortho intramolecular Hbond substituents is 1. The van der Waals surface area contributed by atoms with Gasteiger partial charge in [-0.15, -0.1) is 19.0 Å². The van der Waals surface area contributed by atoms with Crippen LogP contribution < -0.4 is 5.73 Å². The van der Waals surface area contributed by atoms with Crippen molar-refractivity contribution in [3.63, 3.8) is 0 Å². The van der Waals surface area contributed by atoms with Crippen LogP contribution >= 0.6 is 57.6 Å². The Labute approximate surface area is 129 Å². The Morgan fingerprint density at radius 1 is 1.44 bits per heavy atom. The molecular formula is C11H14ClI2NO. The molecule has 16 heavy (non-hydrogen) atoms. The monoisotopic (exact) mass is 465 g/mol. The predicted molar refractivity (Wildman–Crippen MR) is 87.1 cm³/mol. The fraction of sp³-hybridized carbons (Fsp3) is 0.273. The molecule has 0 unspecified atom stereocenters. The molecule has 0 aromatic heterocycles. The minimum absolute atomic E-state index is 0. The highest BCUT2D eigenvalue weighted by Crippen LogP contribution is 2.30. The molecule has 0 saturated heterocycles. The summed E-state index contributed by atoms with van der Waals surface area (Å²) in [5.41, 5.74) is 8.15. The van der Waals surface area contributed by atoms with Gasteiger partial charge in [0.25, 0.3) is 0 Å². The first-order chi connectivity index (χ1) is 6.91. The lowest BCUT2D eigenvalue weighted by molar-refractivity contribution is 0.467. The van der Waals surface area contributed by atoms with Gasteiger partial charge in [-0.2, -0.15) is 0 Å². The van der Waals surface area contributed by atoms with Gasteiger partial charge in [-0.1, -0.05) is 5.57 Å². The van der Waals surface area contributed by atoms with Crippen LogP contribution in [0.15, 0.2) is 24.3 Å². The van der Waals surface area contributed by atoms with Crippen molar-refractivity contribution < 1.29 is 5.11 Å². The van der Waals surface area contributed by atoms with E-state index in [4.69, 9.17) is 5.73 Å². The van der Waals surface area contributed by atoms with Gasteiger partial charge in [-0.25, -0.2) is 0 Å². The Balaban J connectivity index is 0.00000225. The topological polar surface area (TPSA) is 46.2 Å². The highest BCUT2D eigenvalue weighted by molar-refractivity contribution is 14.1. The molecule has 0 aliphatic carbocycles. The molecule has 0 spiro atoms. The Morgan fingerprint density at radius 2 is 1.88 bits per heavy atom. The van der Waals surface area contributed by atoms with Gasteiger partial charge in [0, 0.05) is 6.04 Å². The molecule has 0 fully saturated rings. The minimum Gasteiger partial charge on any atom is -0.506 e. The zero-order valence-corrected chi connectivity index (χ0v) is 14.0. The third-order valence-corrected chi connectivity index (χ3v) is 3.68. The van der Waals surface area contributed by atoms with Gasteiger partial charge in [-0.3, -0.25) is 0 Å². The third-order valence-electron chi connectivity index (χ3n) is 2.04. The van der Waals surface area contributed by atoms with Gasteiger partial charge in [0.1, 0.15) is 5.75 Å². The molecule has 2 nitrogen and oxygen atoms in total. The molecule has 0 aliphatic rings. The molecule has 1 aromatic carbocycles. The van der Waals surface area contributed by atoms with Crippen LogP contribution in [-0.4, -0.2) is 5.11 Å². The Bertz CT molecular complexity index is 373. The molecule has 0 bridgehead atoms. The van der Waals surface area contributed by atoms with E-state index in [0.29, 0.717) is 5.75 Å². The first kappa shape index (κ1) is 16.5. The quantitative estimate of drug-likeness (QED) is 0.524. The Morgan fingerprint density at radius 3 is 2.25 bits per heavy atom. The third kappa shape index (κ3) is 4.38. The smallest absolute Gasteiger partial charge is 0.142 e. The standard InChI is InChI=1S/C11H13I2NO.ClH/c1-6(2)3-10(14)7-4-8(12)11(15)9(13)5-7;/h4-5,10,15H,1,3,14H2,2H3;1H/t10-;/m1./s1. The molecule has 0 radical (unpaired) electrons. The average Bonchev–Trinajstić information content (AvgIpc) is 2.12. The van der Waals surface area contributed by atoms with E-state index in [1.165, 1.54) is 0 Å². The molecule has 0 heterocycles. The highest BCUT2D eigenvalue weighted by atomic mass is 127. The molecule has 1 atom stereocenters. The van der Waals surface area contributed by atoms with E-state index in [0.717, 1.165) is 24.7 Å². The maximum absolute atomic E-state index is 9.62. The molecule has 0 amide bonds. The summed E-state index contributed by atoms with van der Waals surface area (Å²) in [5.74, 6) is 0.336. The number of aromatic hydroxyl groups is 1. The van der Waals surface area contributed by atoms with Gasteiger partial charge in [0.2, 0.25) is 0 Å². The van der Waals surface area contributed by atoms with E-state index in [9.17, 15) is 5.11 Å². The second kappa shape index (κ2) is 7.03. The number of hydrogen-bond acceptors (Lipinski definition) is 2. The van der Waals surface area contributed by atoms with E-state index in [-0.39, 0.29) is 18.4 Å². The molecule has 90 valence electrons. The van der Waals surface area contributed by atoms with Crippen molar-refractivity contribution in [2.45, 2.75) is 19.4 Å². The summed E-state index contributed by atoms with van der Waals surface area (Å²) >= 11 is 4.22. The first-order valence-corrected chi connectivity index (χ1v) is 6.65. The number of hydrogen-bond donors (Lipinski definition) is 2. The SMILES string of the molecule is C=C(C)C[C@@H](N)c1cc(I)c(O)c(I)c1.Cl. The van der Waals surface area contributed by atoms with Crippen LogP contribution in [0.5, 0.6) is 5.75 Å². The summed E-state index contributed by atoms with van der Waals surface area (Å²) in [6.45, 7) is 5.82. The van der Waals surface area contributed by atoms with E-state index in [1.807, 2.05) is 19.1 Å². The molecule has 3 N–H and O–H groups in total. The second-order valence-corrected chi connectivity index (χ2v) is 5.93. The molecule has 1 aromatic rings. The molecule has 0 saturated carbocycles. The molecule has 5 heteroatoms. The van der Waals surface area contributed by atoms with Gasteiger partial charge in [0.15, 0.2) is 0 Å². The highest BCUT2D eigenvalue weighted by Gasteiger charge is 2.11. The van der Waals surface area contributed by atoms with Crippen molar-refractivity contribution in [3.05, 3.63) is 37.0 Å². The van der Waals surface area contributed by atoms with Crippen LogP contribution in [0.2, 0.25) is 0 Å². The van der Waals surface area contributed by atoms with Crippen LogP contribution in [0.4, 0.5) is 0 Å². The summed E-state index contributed by atoms with van der Waals surface area (Å²) < 4.78 is 1.68. The largest absolute Gasteiger partial charge is 0.506 e. The predicted octanol–water partition coefficient (Wildman–Crippen LogP) is 3.99. The van der Waals surface area contributed by atoms with Crippen LogP contribution in [0.3, 0.4) is 0 Å². The zero-order chi connectivity index (χ0) is 11.6. The van der Waals surface area contributed by atoms with E-state index < -0.39 is 0 Å². The number of halogens is 3. The van der Waals surface area contributed by atoms with Crippen molar-refractivity contribution in [2.24, 2.45) is 5.73 Å². The summed E-state index contributed by atoms with van der Waals surface area (Å²) in [6.07, 6.45) is 0.775. The molecular weight excluding hydrogens is 451 g/mol. The van der Waals surface area contributed by atoms with Gasteiger partial charge < -0.3 is 10.8 Å². The summed E-state index contributed by atoms with van der Waals surface area (Å²) in [4.78, 5) is 0. The summed E-state index contributed by atoms with van der Waals surface area (Å²) in [7, 11) is 0. The van der Waals surface area contributed by atoms with E-state index >= 15 is 0 Å². The average molecular weight is 466 g/mol. The van der Waals surface area contributed by atoms with Gasteiger partial charge in [0.05, 0.1) is 7.14 Å². The van der Waals surface area contributed by atoms with Crippen molar-refractivity contribution in [3.8, 4) is 5.75 Å².